The zero-order chi connectivity index (χ0) is 25.1. The highest BCUT2D eigenvalue weighted by Gasteiger charge is 2.31. The molecule has 2 aliphatic rings. The van der Waals surface area contributed by atoms with E-state index >= 15 is 0 Å². The van der Waals surface area contributed by atoms with Gasteiger partial charge < -0.3 is 19.3 Å². The highest BCUT2D eigenvalue weighted by Crippen LogP contribution is 2.36. The smallest absolute Gasteiger partial charge is 0.409 e. The van der Waals surface area contributed by atoms with Gasteiger partial charge in [0, 0.05) is 48.7 Å². The molecule has 2 atom stereocenters. The molecule has 0 N–H and O–H groups in total. The summed E-state index contributed by atoms with van der Waals surface area (Å²) in [4.78, 5) is 45.5. The third-order valence-electron chi connectivity index (χ3n) is 6.89. The second kappa shape index (κ2) is 12.1. The van der Waals surface area contributed by atoms with Crippen molar-refractivity contribution in [1.82, 2.24) is 14.8 Å². The van der Waals surface area contributed by atoms with Crippen LogP contribution in [0.15, 0.2) is 18.2 Å². The van der Waals surface area contributed by atoms with Crippen LogP contribution in [-0.2, 0) is 27.1 Å². The van der Waals surface area contributed by atoms with Crippen LogP contribution in [-0.4, -0.2) is 72.1 Å². The van der Waals surface area contributed by atoms with Crippen LogP contribution < -0.4 is 0 Å². The lowest BCUT2D eigenvalue weighted by molar-refractivity contribution is -0.141. The number of piperazine rings is 1. The summed E-state index contributed by atoms with van der Waals surface area (Å²) in [7, 11) is 1.40. The van der Waals surface area contributed by atoms with Gasteiger partial charge in [0.15, 0.2) is 0 Å². The second-order valence-electron chi connectivity index (χ2n) is 9.38. The average molecular weight is 536 g/mol. The van der Waals surface area contributed by atoms with Gasteiger partial charge in [0.05, 0.1) is 24.3 Å². The van der Waals surface area contributed by atoms with Crippen molar-refractivity contribution >= 4 is 54.0 Å². The molecule has 2 heterocycles. The number of methoxy groups -OCH3 is 1. The summed E-state index contributed by atoms with van der Waals surface area (Å²) in [5.74, 6) is -0.110. The summed E-state index contributed by atoms with van der Waals surface area (Å²) < 4.78 is 10.1. The summed E-state index contributed by atoms with van der Waals surface area (Å²) in [6.07, 6.45) is 3.09. The van der Waals surface area contributed by atoms with Crippen LogP contribution >= 0.6 is 25.1 Å². The molecule has 0 radical (unpaired) electrons. The van der Waals surface area contributed by atoms with E-state index in [0.29, 0.717) is 55.2 Å². The third-order valence-corrected chi connectivity index (χ3v) is 7.32. The number of carbonyl (C=O) groups is 3. The fraction of sp³-hybridized carbons (Fsp3) is 0.538. The van der Waals surface area contributed by atoms with Gasteiger partial charge in [-0.25, -0.2) is 4.79 Å². The fourth-order valence-corrected chi connectivity index (χ4v) is 5.30. The minimum absolute atomic E-state index is 0. The van der Waals surface area contributed by atoms with Crippen LogP contribution in [0, 0.1) is 5.92 Å². The maximum atomic E-state index is 13.3. The zero-order valence-corrected chi connectivity index (χ0v) is 22.8. The van der Waals surface area contributed by atoms with E-state index < -0.39 is 0 Å². The molecule has 10 heteroatoms. The molecule has 0 bridgehead atoms. The Morgan fingerprint density at radius 1 is 1.22 bits per heavy atom. The van der Waals surface area contributed by atoms with Crippen molar-refractivity contribution in [3.8, 4) is 0 Å². The fourth-order valence-electron chi connectivity index (χ4n) is 4.96. The lowest BCUT2D eigenvalue weighted by atomic mass is 9.84. The Kier molecular flexibility index (Phi) is 9.47. The molecule has 36 heavy (non-hydrogen) atoms. The molecule has 1 unspecified atom stereocenters. The molecule has 1 fully saturated rings. The van der Waals surface area contributed by atoms with E-state index in [1.54, 1.807) is 21.9 Å². The molecule has 1 aromatic carbocycles. The lowest BCUT2D eigenvalue weighted by Gasteiger charge is -2.39. The number of pyridine rings is 1. The third kappa shape index (κ3) is 5.89. The number of hydrogen-bond acceptors (Lipinski definition) is 6. The molecular weight excluding hydrogens is 502 g/mol. The number of carbonyl (C=O) groups excluding carboxylic acids is 3. The number of rotatable bonds is 5. The Bertz CT molecular complexity index is 1140. The van der Waals surface area contributed by atoms with Crippen molar-refractivity contribution in [2.75, 3.05) is 33.4 Å². The summed E-state index contributed by atoms with van der Waals surface area (Å²) in [6.45, 7) is 5.61. The summed E-state index contributed by atoms with van der Waals surface area (Å²) in [5.41, 5.74) is 3.16. The zero-order valence-electron chi connectivity index (χ0n) is 21.0. The first-order valence-corrected chi connectivity index (χ1v) is 12.6. The van der Waals surface area contributed by atoms with Crippen LogP contribution in [0.25, 0.3) is 10.9 Å². The SMILES string of the molecule is CCCOC(=O)N1CCN(C(=O)c2ccc3c(Cl)c4c(nc3c2)CCC(CC(=O)OC)C4)[C@@H](C)C1.S. The van der Waals surface area contributed by atoms with E-state index in [1.165, 1.54) is 7.11 Å². The van der Waals surface area contributed by atoms with E-state index in [0.717, 1.165) is 35.9 Å². The van der Waals surface area contributed by atoms with Crippen molar-refractivity contribution in [2.24, 2.45) is 5.92 Å². The first kappa shape index (κ1) is 28.1. The molecule has 0 saturated carbocycles. The highest BCUT2D eigenvalue weighted by molar-refractivity contribution is 7.59. The number of fused-ring (bicyclic) bond motifs is 2. The molecule has 196 valence electrons. The Hall–Kier alpha value is -2.52. The topological polar surface area (TPSA) is 89.0 Å². The predicted octanol–water partition coefficient (Wildman–Crippen LogP) is 4.36. The van der Waals surface area contributed by atoms with Crippen LogP contribution in [0.3, 0.4) is 0 Å². The Morgan fingerprint density at radius 2 is 2.00 bits per heavy atom. The van der Waals surface area contributed by atoms with Crippen molar-refractivity contribution in [3.63, 3.8) is 0 Å². The molecule has 1 aromatic heterocycles. The van der Waals surface area contributed by atoms with E-state index in [4.69, 9.17) is 26.1 Å². The first-order chi connectivity index (χ1) is 16.8. The van der Waals surface area contributed by atoms with Crippen molar-refractivity contribution < 1.29 is 23.9 Å². The number of aryl methyl sites for hydroxylation is 1. The van der Waals surface area contributed by atoms with Gasteiger partial charge in [-0.15, -0.1) is 0 Å². The lowest BCUT2D eigenvalue weighted by Crippen LogP contribution is -2.55. The summed E-state index contributed by atoms with van der Waals surface area (Å²) in [5, 5.41) is 1.45. The number of nitrogens with zero attached hydrogens (tertiary/aromatic N) is 3. The summed E-state index contributed by atoms with van der Waals surface area (Å²) in [6, 6.07) is 5.31. The minimum atomic E-state index is -0.325. The van der Waals surface area contributed by atoms with Crippen molar-refractivity contribution in [2.45, 2.75) is 52.0 Å². The predicted molar refractivity (Wildman–Crippen MR) is 143 cm³/mol. The van der Waals surface area contributed by atoms with Gasteiger partial charge in [0.25, 0.3) is 5.91 Å². The quantitative estimate of drug-likeness (QED) is 0.528. The van der Waals surface area contributed by atoms with Gasteiger partial charge in [-0.2, -0.15) is 13.5 Å². The van der Waals surface area contributed by atoms with Crippen LogP contribution in [0.1, 0.15) is 54.7 Å². The van der Waals surface area contributed by atoms with E-state index in [1.807, 2.05) is 19.9 Å². The summed E-state index contributed by atoms with van der Waals surface area (Å²) >= 11 is 6.78. The Labute approximate surface area is 223 Å². The molecule has 1 saturated heterocycles. The molecular formula is C26H34ClN3O5S. The maximum Gasteiger partial charge on any atom is 0.409 e. The molecule has 2 aromatic rings. The number of aromatic nitrogens is 1. The second-order valence-corrected chi connectivity index (χ2v) is 9.76. The largest absolute Gasteiger partial charge is 0.469 e. The Morgan fingerprint density at radius 3 is 2.69 bits per heavy atom. The molecule has 8 nitrogen and oxygen atoms in total. The molecule has 0 spiro atoms. The Balaban J connectivity index is 0.00000361. The van der Waals surface area contributed by atoms with Crippen molar-refractivity contribution in [3.05, 3.63) is 40.0 Å². The first-order valence-electron chi connectivity index (χ1n) is 12.2. The number of amides is 2. The molecule has 1 aliphatic heterocycles. The monoisotopic (exact) mass is 535 g/mol. The standard InChI is InChI=1S/C26H32ClN3O5.H2S/c1-4-11-35-26(33)29-9-10-30(16(2)15-29)25(32)18-6-7-19-22(14-18)28-21-8-5-17(13-23(31)34-3)12-20(21)24(19)27;/h6-7,14,16-17H,4-5,8-13,15H2,1-3H3;1H2/t16-,17?;/m0./s1. The van der Waals surface area contributed by atoms with Gasteiger partial charge >= 0.3 is 12.1 Å². The minimum Gasteiger partial charge on any atom is -0.469 e. The molecule has 2 amide bonds. The molecule has 4 rings (SSSR count). The van der Waals surface area contributed by atoms with Gasteiger partial charge in [-0.3, -0.25) is 14.6 Å². The molecule has 1 aliphatic carbocycles. The highest BCUT2D eigenvalue weighted by atomic mass is 35.5. The van der Waals surface area contributed by atoms with Gasteiger partial charge in [0.1, 0.15) is 0 Å². The van der Waals surface area contributed by atoms with E-state index in [9.17, 15) is 14.4 Å². The van der Waals surface area contributed by atoms with E-state index in [2.05, 4.69) is 0 Å². The van der Waals surface area contributed by atoms with Crippen LogP contribution in [0.5, 0.6) is 0 Å². The van der Waals surface area contributed by atoms with Crippen LogP contribution in [0.4, 0.5) is 4.79 Å². The number of benzene rings is 1. The maximum absolute atomic E-state index is 13.3. The van der Waals surface area contributed by atoms with Crippen LogP contribution in [0.2, 0.25) is 5.02 Å². The van der Waals surface area contributed by atoms with Gasteiger partial charge in [0.2, 0.25) is 0 Å². The number of esters is 1. The normalized spacial score (nSPS) is 19.3. The van der Waals surface area contributed by atoms with E-state index in [-0.39, 0.29) is 43.4 Å². The van der Waals surface area contributed by atoms with Gasteiger partial charge in [-0.1, -0.05) is 24.6 Å². The van der Waals surface area contributed by atoms with Crippen molar-refractivity contribution in [1.29, 1.82) is 0 Å². The number of halogens is 1. The van der Waals surface area contributed by atoms with Gasteiger partial charge in [-0.05, 0) is 56.2 Å². The number of ether oxygens (including phenoxy) is 2. The average Bonchev–Trinajstić information content (AvgIpc) is 2.86. The number of hydrogen-bond donors (Lipinski definition) is 0.